The number of aromatic nitrogens is 1. The Hall–Kier alpha value is -2.96. The van der Waals surface area contributed by atoms with Crippen LogP contribution in [0.15, 0.2) is 30.6 Å². The summed E-state index contributed by atoms with van der Waals surface area (Å²) in [7, 11) is 3.14. The number of nitrogens with zero attached hydrogens (tertiary/aromatic N) is 2. The number of ether oxygens (including phenoxy) is 2. The van der Waals surface area contributed by atoms with E-state index in [0.717, 1.165) is 11.1 Å². The van der Waals surface area contributed by atoms with Crippen molar-refractivity contribution in [3.63, 3.8) is 0 Å². The van der Waals surface area contributed by atoms with Crippen molar-refractivity contribution in [2.24, 2.45) is 0 Å². The molecule has 1 saturated heterocycles. The number of piperazine rings is 1. The Morgan fingerprint density at radius 1 is 1.04 bits per heavy atom. The highest BCUT2D eigenvalue weighted by molar-refractivity contribution is 5.98. The van der Waals surface area contributed by atoms with E-state index in [9.17, 15) is 9.59 Å². The van der Waals surface area contributed by atoms with Gasteiger partial charge in [0.15, 0.2) is 0 Å². The van der Waals surface area contributed by atoms with E-state index in [1.165, 1.54) is 0 Å². The Balaban J connectivity index is 1.65. The number of methoxy groups -OCH3 is 2. The Labute approximate surface area is 158 Å². The number of aromatic amines is 1. The minimum Gasteiger partial charge on any atom is -0.496 e. The van der Waals surface area contributed by atoms with E-state index in [-0.39, 0.29) is 11.8 Å². The topological polar surface area (TPSA) is 74.9 Å². The molecular weight excluding hydrogens is 346 g/mol. The van der Waals surface area contributed by atoms with Crippen LogP contribution in [0.3, 0.4) is 0 Å². The number of H-pyrrole nitrogens is 1. The summed E-state index contributed by atoms with van der Waals surface area (Å²) in [6.45, 7) is 3.95. The van der Waals surface area contributed by atoms with E-state index >= 15 is 0 Å². The average Bonchev–Trinajstić information content (AvgIpc) is 3.20. The van der Waals surface area contributed by atoms with Crippen molar-refractivity contribution in [1.82, 2.24) is 14.8 Å². The molecule has 7 heteroatoms. The predicted octanol–water partition coefficient (Wildman–Crippen LogP) is 1.87. The lowest BCUT2D eigenvalue weighted by Gasteiger charge is -2.35. The zero-order chi connectivity index (χ0) is 19.4. The number of nitrogens with one attached hydrogen (secondary N) is 1. The minimum atomic E-state index is -0.0877. The Kier molecular flexibility index (Phi) is 5.69. The summed E-state index contributed by atoms with van der Waals surface area (Å²) in [5.41, 5.74) is 2.28. The molecule has 27 heavy (non-hydrogen) atoms. The van der Waals surface area contributed by atoms with Crippen molar-refractivity contribution in [1.29, 1.82) is 0 Å². The first-order chi connectivity index (χ1) is 13.0. The van der Waals surface area contributed by atoms with Gasteiger partial charge in [0.2, 0.25) is 5.91 Å². The Bertz CT molecular complexity index is 809. The normalized spacial score (nSPS) is 14.2. The maximum Gasteiger partial charge on any atom is 0.257 e. The number of benzene rings is 1. The molecule has 1 N–H and O–H groups in total. The van der Waals surface area contributed by atoms with Crippen molar-refractivity contribution in [3.8, 4) is 11.5 Å². The summed E-state index contributed by atoms with van der Waals surface area (Å²) >= 11 is 0. The smallest absolute Gasteiger partial charge is 0.257 e. The Morgan fingerprint density at radius 2 is 1.74 bits per heavy atom. The first-order valence-electron chi connectivity index (χ1n) is 8.95. The molecule has 0 atom stereocenters. The van der Waals surface area contributed by atoms with Gasteiger partial charge in [-0.15, -0.1) is 0 Å². The van der Waals surface area contributed by atoms with Gasteiger partial charge >= 0.3 is 0 Å². The van der Waals surface area contributed by atoms with E-state index in [1.807, 2.05) is 30.3 Å². The molecule has 0 saturated carbocycles. The molecular formula is C20H25N3O4. The lowest BCUT2D eigenvalue weighted by Crippen LogP contribution is -2.51. The second-order valence-corrected chi connectivity index (χ2v) is 6.54. The monoisotopic (exact) mass is 371 g/mol. The van der Waals surface area contributed by atoms with Crippen LogP contribution >= 0.6 is 0 Å². The van der Waals surface area contributed by atoms with E-state index in [1.54, 1.807) is 31.3 Å². The molecule has 3 rings (SSSR count). The summed E-state index contributed by atoms with van der Waals surface area (Å²) in [5, 5.41) is 0. The van der Waals surface area contributed by atoms with Crippen LogP contribution in [0.5, 0.6) is 11.5 Å². The van der Waals surface area contributed by atoms with Crippen LogP contribution in [-0.2, 0) is 11.2 Å². The van der Waals surface area contributed by atoms with Crippen molar-refractivity contribution < 1.29 is 19.1 Å². The first-order valence-corrected chi connectivity index (χ1v) is 8.95. The second-order valence-electron chi connectivity index (χ2n) is 6.54. The molecule has 1 aromatic carbocycles. The third-order valence-corrected chi connectivity index (χ3v) is 4.95. The molecule has 2 amide bonds. The standard InChI is InChI=1S/C20H25N3O4/c1-14-17(26-2)5-4-16(19(14)27-3)20(25)23-10-8-22(9-11-23)18(24)12-15-6-7-21-13-15/h4-7,13,21H,8-12H2,1-3H3. The van der Waals surface area contributed by atoms with Gasteiger partial charge in [-0.05, 0) is 30.7 Å². The van der Waals surface area contributed by atoms with Gasteiger partial charge in [0.1, 0.15) is 11.5 Å². The van der Waals surface area contributed by atoms with Crippen LogP contribution in [0.25, 0.3) is 0 Å². The van der Waals surface area contributed by atoms with Crippen molar-refractivity contribution in [2.75, 3.05) is 40.4 Å². The molecule has 0 radical (unpaired) electrons. The molecule has 1 fully saturated rings. The van der Waals surface area contributed by atoms with Gasteiger partial charge in [0, 0.05) is 44.1 Å². The zero-order valence-corrected chi connectivity index (χ0v) is 15.9. The molecule has 0 unspecified atom stereocenters. The summed E-state index contributed by atoms with van der Waals surface area (Å²) in [4.78, 5) is 31.9. The van der Waals surface area contributed by atoms with Gasteiger partial charge in [0.25, 0.3) is 5.91 Å². The predicted molar refractivity (Wildman–Crippen MR) is 101 cm³/mol. The average molecular weight is 371 g/mol. The van der Waals surface area contributed by atoms with Crippen LogP contribution in [0.2, 0.25) is 0 Å². The molecule has 0 bridgehead atoms. The summed E-state index contributed by atoms with van der Waals surface area (Å²) in [6, 6.07) is 5.41. The number of hydrogen-bond acceptors (Lipinski definition) is 4. The fourth-order valence-electron chi connectivity index (χ4n) is 3.41. The van der Waals surface area contributed by atoms with Crippen LogP contribution in [0.1, 0.15) is 21.5 Å². The molecule has 1 aliphatic heterocycles. The fourth-order valence-corrected chi connectivity index (χ4v) is 3.41. The summed E-state index contributed by atoms with van der Waals surface area (Å²) in [6.07, 6.45) is 4.02. The largest absolute Gasteiger partial charge is 0.496 e. The first kappa shape index (κ1) is 18.8. The van der Waals surface area contributed by atoms with E-state index in [2.05, 4.69) is 4.98 Å². The quantitative estimate of drug-likeness (QED) is 0.871. The van der Waals surface area contributed by atoms with Gasteiger partial charge in [-0.1, -0.05) is 0 Å². The highest BCUT2D eigenvalue weighted by atomic mass is 16.5. The number of rotatable bonds is 5. The van der Waals surface area contributed by atoms with Gasteiger partial charge in [-0.25, -0.2) is 0 Å². The fraction of sp³-hybridized carbons (Fsp3) is 0.400. The molecule has 7 nitrogen and oxygen atoms in total. The van der Waals surface area contributed by atoms with Crippen LogP contribution in [0.4, 0.5) is 0 Å². The number of amides is 2. The second kappa shape index (κ2) is 8.16. The summed E-state index contributed by atoms with van der Waals surface area (Å²) < 4.78 is 10.8. The molecule has 2 aromatic rings. The van der Waals surface area contributed by atoms with Crippen molar-refractivity contribution in [3.05, 3.63) is 47.3 Å². The Morgan fingerprint density at radius 3 is 2.33 bits per heavy atom. The SMILES string of the molecule is COc1ccc(C(=O)N2CCN(C(=O)Cc3cc[nH]c3)CC2)c(OC)c1C. The molecule has 2 heterocycles. The third-order valence-electron chi connectivity index (χ3n) is 4.95. The van der Waals surface area contributed by atoms with Gasteiger partial charge in [0.05, 0.1) is 26.2 Å². The maximum absolute atomic E-state index is 13.0. The molecule has 1 aromatic heterocycles. The van der Waals surface area contributed by atoms with Gasteiger partial charge < -0.3 is 24.3 Å². The number of carbonyl (C=O) groups excluding carboxylic acids is 2. The number of carbonyl (C=O) groups is 2. The highest BCUT2D eigenvalue weighted by Gasteiger charge is 2.27. The molecule has 0 aliphatic carbocycles. The number of hydrogen-bond donors (Lipinski definition) is 1. The minimum absolute atomic E-state index is 0.0829. The molecule has 144 valence electrons. The summed E-state index contributed by atoms with van der Waals surface area (Å²) in [5.74, 6) is 1.21. The lowest BCUT2D eigenvalue weighted by atomic mass is 10.1. The highest BCUT2D eigenvalue weighted by Crippen LogP contribution is 2.32. The lowest BCUT2D eigenvalue weighted by molar-refractivity contribution is -0.131. The van der Waals surface area contributed by atoms with Crippen LogP contribution in [0, 0.1) is 6.92 Å². The third kappa shape index (κ3) is 3.92. The van der Waals surface area contributed by atoms with Gasteiger partial charge in [-0.2, -0.15) is 0 Å². The maximum atomic E-state index is 13.0. The van der Waals surface area contributed by atoms with E-state index in [4.69, 9.17) is 9.47 Å². The van der Waals surface area contributed by atoms with Crippen LogP contribution in [-0.4, -0.2) is 67.0 Å². The van der Waals surface area contributed by atoms with E-state index in [0.29, 0.717) is 49.7 Å². The van der Waals surface area contributed by atoms with Crippen LogP contribution < -0.4 is 9.47 Å². The zero-order valence-electron chi connectivity index (χ0n) is 15.9. The van der Waals surface area contributed by atoms with Crippen molar-refractivity contribution >= 4 is 11.8 Å². The van der Waals surface area contributed by atoms with Crippen molar-refractivity contribution in [2.45, 2.75) is 13.3 Å². The van der Waals surface area contributed by atoms with E-state index < -0.39 is 0 Å². The van der Waals surface area contributed by atoms with Gasteiger partial charge in [-0.3, -0.25) is 9.59 Å². The molecule has 0 spiro atoms. The molecule has 1 aliphatic rings.